The fraction of sp³-hybridized carbons (Fsp3) is 0.793. The maximum Gasteiger partial charge on any atom is 0.289 e. The Morgan fingerprint density at radius 3 is 1.82 bits per heavy atom. The second-order valence-electron chi connectivity index (χ2n) is 13.1. The third-order valence-electron chi connectivity index (χ3n) is 6.23. The van der Waals surface area contributed by atoms with Crippen molar-refractivity contribution >= 4 is 35.3 Å². The summed E-state index contributed by atoms with van der Waals surface area (Å²) in [5.74, 6) is -3.82. The molecule has 0 aliphatic heterocycles. The maximum atomic E-state index is 13.4. The molecular formula is C29H53N5O6. The molecule has 4 atom stereocenters. The lowest BCUT2D eigenvalue weighted by Gasteiger charge is -2.33. The molecule has 11 heteroatoms. The highest BCUT2D eigenvalue weighted by atomic mass is 16.2. The first-order chi connectivity index (χ1) is 18.2. The van der Waals surface area contributed by atoms with Crippen molar-refractivity contribution in [2.45, 2.75) is 125 Å². The van der Waals surface area contributed by atoms with Gasteiger partial charge in [-0.3, -0.25) is 28.8 Å². The number of carbonyl (C=O) groups excluding carboxylic acids is 6. The molecule has 230 valence electrons. The summed E-state index contributed by atoms with van der Waals surface area (Å²) in [5.41, 5.74) is -1.01. The molecule has 0 aliphatic carbocycles. The second-order valence-corrected chi connectivity index (χ2v) is 13.1. The molecule has 4 unspecified atom stereocenters. The van der Waals surface area contributed by atoms with E-state index in [1.54, 1.807) is 20.8 Å². The number of hydrogen-bond acceptors (Lipinski definition) is 6. The van der Waals surface area contributed by atoms with Gasteiger partial charge in [-0.05, 0) is 31.1 Å². The van der Waals surface area contributed by atoms with Gasteiger partial charge in [-0.15, -0.1) is 0 Å². The molecule has 0 aromatic heterocycles. The minimum atomic E-state index is -1.34. The first-order valence-electron chi connectivity index (χ1n) is 14.1. The zero-order valence-corrected chi connectivity index (χ0v) is 26.4. The van der Waals surface area contributed by atoms with Crippen LogP contribution >= 0.6 is 0 Å². The van der Waals surface area contributed by atoms with Crippen molar-refractivity contribution in [2.24, 2.45) is 10.8 Å². The van der Waals surface area contributed by atoms with E-state index in [1.165, 1.54) is 25.9 Å². The van der Waals surface area contributed by atoms with Gasteiger partial charge in [0.1, 0.15) is 12.1 Å². The Morgan fingerprint density at radius 2 is 1.35 bits per heavy atom. The van der Waals surface area contributed by atoms with Gasteiger partial charge in [0.15, 0.2) is 0 Å². The number of nitrogens with one attached hydrogen (secondary N) is 4. The van der Waals surface area contributed by atoms with Crippen LogP contribution in [-0.4, -0.2) is 78.5 Å². The standard InChI is InChI=1S/C29H53N5O6/c1-12-13-14-15-18(2)30-26(39)23(37)19(3)31-25(38)20(16-22(36)34(10)11)32-27(40)24(29(7,8)9)33-21(35)17-28(4,5)6/h18-20,24H,12-17H2,1-11H3,(H,30,39)(H,31,38)(H,32,40)(H,33,35). The van der Waals surface area contributed by atoms with E-state index in [2.05, 4.69) is 28.2 Å². The SMILES string of the molecule is CCCCCC(C)NC(=O)C(=O)C(C)NC(=O)C(CC(=O)N(C)C)NC(=O)C(NC(=O)CC(C)(C)C)C(C)(C)C. The molecule has 0 rings (SSSR count). The molecule has 0 heterocycles. The van der Waals surface area contributed by atoms with Crippen LogP contribution < -0.4 is 21.3 Å². The Labute approximate surface area is 240 Å². The molecule has 0 saturated carbocycles. The fourth-order valence-corrected chi connectivity index (χ4v) is 3.83. The van der Waals surface area contributed by atoms with Crippen LogP contribution in [0.15, 0.2) is 0 Å². The lowest BCUT2D eigenvalue weighted by Crippen LogP contribution is -2.59. The predicted molar refractivity (Wildman–Crippen MR) is 155 cm³/mol. The summed E-state index contributed by atoms with van der Waals surface area (Å²) in [5, 5.41) is 10.5. The van der Waals surface area contributed by atoms with Crippen molar-refractivity contribution in [1.29, 1.82) is 0 Å². The minimum absolute atomic E-state index is 0.189. The molecule has 0 aromatic rings. The van der Waals surface area contributed by atoms with E-state index in [0.717, 1.165) is 25.7 Å². The smallest absolute Gasteiger partial charge is 0.289 e. The van der Waals surface area contributed by atoms with Crippen molar-refractivity contribution in [2.75, 3.05) is 14.1 Å². The van der Waals surface area contributed by atoms with Crippen molar-refractivity contribution in [1.82, 2.24) is 26.2 Å². The van der Waals surface area contributed by atoms with E-state index in [4.69, 9.17) is 0 Å². The highest BCUT2D eigenvalue weighted by Gasteiger charge is 2.37. The maximum absolute atomic E-state index is 13.4. The van der Waals surface area contributed by atoms with Gasteiger partial charge >= 0.3 is 0 Å². The van der Waals surface area contributed by atoms with Crippen LogP contribution in [0.2, 0.25) is 0 Å². The third kappa shape index (κ3) is 14.4. The van der Waals surface area contributed by atoms with Gasteiger partial charge in [0.25, 0.3) is 5.91 Å². The molecule has 0 radical (unpaired) electrons. The topological polar surface area (TPSA) is 154 Å². The average Bonchev–Trinajstić information content (AvgIpc) is 2.79. The number of hydrogen-bond donors (Lipinski definition) is 4. The van der Waals surface area contributed by atoms with E-state index in [9.17, 15) is 28.8 Å². The fourth-order valence-electron chi connectivity index (χ4n) is 3.83. The molecule has 0 fully saturated rings. The minimum Gasteiger partial charge on any atom is -0.349 e. The van der Waals surface area contributed by atoms with Gasteiger partial charge in [-0.2, -0.15) is 0 Å². The first kappa shape index (κ1) is 37.0. The molecule has 11 nitrogen and oxygen atoms in total. The van der Waals surface area contributed by atoms with Crippen LogP contribution in [0.25, 0.3) is 0 Å². The molecule has 0 aromatic carbocycles. The average molecular weight is 568 g/mol. The molecule has 40 heavy (non-hydrogen) atoms. The summed E-state index contributed by atoms with van der Waals surface area (Å²) >= 11 is 0. The molecular weight excluding hydrogens is 514 g/mol. The zero-order valence-electron chi connectivity index (χ0n) is 26.4. The van der Waals surface area contributed by atoms with Crippen LogP contribution in [0.1, 0.15) is 101 Å². The highest BCUT2D eigenvalue weighted by Crippen LogP contribution is 2.22. The Morgan fingerprint density at radius 1 is 0.775 bits per heavy atom. The van der Waals surface area contributed by atoms with E-state index < -0.39 is 53.0 Å². The Bertz CT molecular complexity index is 904. The molecule has 0 aliphatic rings. The van der Waals surface area contributed by atoms with Crippen LogP contribution in [0.3, 0.4) is 0 Å². The number of rotatable bonds is 15. The number of nitrogens with zero attached hydrogens (tertiary/aromatic N) is 1. The normalized spacial score (nSPS) is 14.7. The summed E-state index contributed by atoms with van der Waals surface area (Å²) in [6.45, 7) is 16.3. The Balaban J connectivity index is 5.65. The van der Waals surface area contributed by atoms with Crippen LogP contribution in [0, 0.1) is 10.8 Å². The van der Waals surface area contributed by atoms with Gasteiger partial charge in [0.2, 0.25) is 29.4 Å². The molecule has 0 spiro atoms. The monoisotopic (exact) mass is 567 g/mol. The Kier molecular flexibility index (Phi) is 15.1. The van der Waals surface area contributed by atoms with Crippen molar-refractivity contribution in [3.05, 3.63) is 0 Å². The summed E-state index contributed by atoms with van der Waals surface area (Å²) in [4.78, 5) is 78.0. The first-order valence-corrected chi connectivity index (χ1v) is 14.1. The van der Waals surface area contributed by atoms with E-state index in [0.29, 0.717) is 0 Å². The van der Waals surface area contributed by atoms with Crippen LogP contribution in [-0.2, 0) is 28.8 Å². The van der Waals surface area contributed by atoms with E-state index >= 15 is 0 Å². The lowest BCUT2D eigenvalue weighted by atomic mass is 9.85. The van der Waals surface area contributed by atoms with Gasteiger partial charge in [0.05, 0.1) is 12.5 Å². The summed E-state index contributed by atoms with van der Waals surface area (Å²) < 4.78 is 0. The third-order valence-corrected chi connectivity index (χ3v) is 6.23. The van der Waals surface area contributed by atoms with Crippen molar-refractivity contribution < 1.29 is 28.8 Å². The van der Waals surface area contributed by atoms with E-state index in [-0.39, 0.29) is 30.2 Å². The largest absolute Gasteiger partial charge is 0.349 e. The number of unbranched alkanes of at least 4 members (excludes halogenated alkanes) is 2. The van der Waals surface area contributed by atoms with Gasteiger partial charge < -0.3 is 26.2 Å². The molecule has 5 amide bonds. The van der Waals surface area contributed by atoms with Gasteiger partial charge in [-0.1, -0.05) is 67.7 Å². The number of Topliss-reactive ketones (excluding diaryl/α,β-unsaturated/α-hetero) is 1. The predicted octanol–water partition coefficient (Wildman–Crippen LogP) is 2.08. The lowest BCUT2D eigenvalue weighted by molar-refractivity contribution is -0.141. The summed E-state index contributed by atoms with van der Waals surface area (Å²) in [6, 6.07) is -3.71. The number of amides is 5. The van der Waals surface area contributed by atoms with Crippen molar-refractivity contribution in [3.63, 3.8) is 0 Å². The number of carbonyl (C=O) groups is 6. The zero-order chi connectivity index (χ0) is 31.4. The quantitative estimate of drug-likeness (QED) is 0.176. The molecule has 4 N–H and O–H groups in total. The highest BCUT2D eigenvalue weighted by molar-refractivity contribution is 6.38. The second kappa shape index (κ2) is 16.3. The molecule has 0 bridgehead atoms. The van der Waals surface area contributed by atoms with Gasteiger partial charge in [0, 0.05) is 26.6 Å². The van der Waals surface area contributed by atoms with Crippen LogP contribution in [0.5, 0.6) is 0 Å². The Hall–Kier alpha value is -2.98. The summed E-state index contributed by atoms with van der Waals surface area (Å²) in [7, 11) is 3.03. The van der Waals surface area contributed by atoms with E-state index in [1.807, 2.05) is 27.7 Å². The van der Waals surface area contributed by atoms with Crippen LogP contribution in [0.4, 0.5) is 0 Å². The van der Waals surface area contributed by atoms with Crippen molar-refractivity contribution in [3.8, 4) is 0 Å². The molecule has 0 saturated heterocycles. The summed E-state index contributed by atoms with van der Waals surface area (Å²) in [6.07, 6.45) is 3.53. The number of ketones is 1. The van der Waals surface area contributed by atoms with Gasteiger partial charge in [-0.25, -0.2) is 0 Å².